The number of benzene rings is 2. The minimum absolute atomic E-state index is 0.308. The second kappa shape index (κ2) is 6.98. The maximum atomic E-state index is 6.24. The van der Waals surface area contributed by atoms with E-state index in [0.29, 0.717) is 11.5 Å². The molecule has 0 radical (unpaired) electrons. The number of hydrogen-bond donors (Lipinski definition) is 1. The fourth-order valence-corrected chi connectivity index (χ4v) is 4.54. The fourth-order valence-electron chi connectivity index (χ4n) is 3.47. The van der Waals surface area contributed by atoms with Crippen LogP contribution in [0.4, 0.5) is 0 Å². The van der Waals surface area contributed by atoms with Crippen molar-refractivity contribution in [2.75, 3.05) is 12.3 Å². The van der Waals surface area contributed by atoms with Crippen molar-refractivity contribution in [2.45, 2.75) is 37.2 Å². The molecule has 2 aromatic rings. The monoisotopic (exact) mass is 325 g/mol. The average molecular weight is 325 g/mol. The second-order valence-corrected chi connectivity index (χ2v) is 7.74. The van der Waals surface area contributed by atoms with Crippen LogP contribution in [-0.4, -0.2) is 23.8 Å². The van der Waals surface area contributed by atoms with Crippen LogP contribution in [0.3, 0.4) is 0 Å². The quantitative estimate of drug-likeness (QED) is 0.923. The highest BCUT2D eigenvalue weighted by Crippen LogP contribution is 2.31. The number of fused-ring (bicyclic) bond motifs is 1. The van der Waals surface area contributed by atoms with Gasteiger partial charge in [-0.05, 0) is 42.0 Å². The molecule has 120 valence electrons. The lowest BCUT2D eigenvalue weighted by atomic mass is 9.96. The van der Waals surface area contributed by atoms with E-state index in [1.165, 1.54) is 22.4 Å². The Morgan fingerprint density at radius 2 is 1.96 bits per heavy atom. The zero-order valence-corrected chi connectivity index (χ0v) is 14.1. The topological polar surface area (TPSA) is 21.3 Å². The molecule has 2 aliphatic heterocycles. The summed E-state index contributed by atoms with van der Waals surface area (Å²) in [4.78, 5) is 0. The predicted octanol–water partition coefficient (Wildman–Crippen LogP) is 3.83. The van der Waals surface area contributed by atoms with E-state index >= 15 is 0 Å². The summed E-state index contributed by atoms with van der Waals surface area (Å²) in [6.07, 6.45) is 4.67. The van der Waals surface area contributed by atoms with E-state index in [1.54, 1.807) is 0 Å². The molecule has 2 heterocycles. The second-order valence-electron chi connectivity index (χ2n) is 6.43. The first-order valence-corrected chi connectivity index (χ1v) is 9.59. The Morgan fingerprint density at radius 1 is 1.04 bits per heavy atom. The van der Waals surface area contributed by atoms with Crippen molar-refractivity contribution in [1.29, 1.82) is 0 Å². The third-order valence-corrected chi connectivity index (χ3v) is 5.85. The Labute approximate surface area is 142 Å². The zero-order valence-electron chi connectivity index (χ0n) is 13.3. The van der Waals surface area contributed by atoms with Gasteiger partial charge in [0.25, 0.3) is 0 Å². The van der Waals surface area contributed by atoms with Crippen molar-refractivity contribution < 1.29 is 4.74 Å². The van der Waals surface area contributed by atoms with E-state index < -0.39 is 0 Å². The summed E-state index contributed by atoms with van der Waals surface area (Å²) < 4.78 is 6.24. The third kappa shape index (κ3) is 3.73. The van der Waals surface area contributed by atoms with E-state index in [9.17, 15) is 0 Å². The largest absolute Gasteiger partial charge is 0.490 e. The van der Waals surface area contributed by atoms with Crippen molar-refractivity contribution in [2.24, 2.45) is 0 Å². The van der Waals surface area contributed by atoms with Gasteiger partial charge in [-0.2, -0.15) is 0 Å². The van der Waals surface area contributed by atoms with Gasteiger partial charge in [0.15, 0.2) is 0 Å². The first kappa shape index (κ1) is 15.1. The highest BCUT2D eigenvalue weighted by atomic mass is 32.2. The molecule has 0 saturated carbocycles. The van der Waals surface area contributed by atoms with Gasteiger partial charge in [0.1, 0.15) is 11.9 Å². The van der Waals surface area contributed by atoms with Crippen LogP contribution in [0.5, 0.6) is 5.75 Å². The molecular formula is C20H23NOS. The van der Waals surface area contributed by atoms with Gasteiger partial charge >= 0.3 is 0 Å². The van der Waals surface area contributed by atoms with Crippen LogP contribution in [0, 0.1) is 0 Å². The molecule has 1 N–H and O–H groups in total. The van der Waals surface area contributed by atoms with Crippen molar-refractivity contribution in [1.82, 2.24) is 5.32 Å². The van der Waals surface area contributed by atoms with E-state index in [1.807, 2.05) is 11.8 Å². The molecule has 3 heteroatoms. The van der Waals surface area contributed by atoms with Gasteiger partial charge < -0.3 is 10.1 Å². The molecule has 1 saturated heterocycles. The van der Waals surface area contributed by atoms with Gasteiger partial charge in [-0.3, -0.25) is 0 Å². The minimum atomic E-state index is 0.308. The van der Waals surface area contributed by atoms with Gasteiger partial charge in [0.2, 0.25) is 0 Å². The molecule has 0 aliphatic carbocycles. The summed E-state index contributed by atoms with van der Waals surface area (Å²) in [7, 11) is 0. The summed E-state index contributed by atoms with van der Waals surface area (Å²) in [6, 6.07) is 17.4. The van der Waals surface area contributed by atoms with E-state index in [0.717, 1.165) is 38.0 Å². The lowest BCUT2D eigenvalue weighted by Gasteiger charge is -2.27. The molecular weight excluding hydrogens is 302 g/mol. The van der Waals surface area contributed by atoms with Crippen LogP contribution in [0.1, 0.15) is 23.1 Å². The molecule has 0 spiro atoms. The Bertz CT molecular complexity index is 652. The van der Waals surface area contributed by atoms with Crippen molar-refractivity contribution >= 4 is 11.8 Å². The van der Waals surface area contributed by atoms with Crippen molar-refractivity contribution in [3.63, 3.8) is 0 Å². The molecule has 2 nitrogen and oxygen atoms in total. The lowest BCUT2D eigenvalue weighted by molar-refractivity contribution is 0.173. The average Bonchev–Trinajstić information content (AvgIpc) is 3.09. The van der Waals surface area contributed by atoms with Gasteiger partial charge in [0, 0.05) is 18.7 Å². The molecule has 2 aliphatic rings. The van der Waals surface area contributed by atoms with E-state index in [-0.39, 0.29) is 0 Å². The molecule has 23 heavy (non-hydrogen) atoms. The van der Waals surface area contributed by atoms with Gasteiger partial charge in [-0.15, -0.1) is 11.8 Å². The van der Waals surface area contributed by atoms with E-state index in [2.05, 4.69) is 53.8 Å². The van der Waals surface area contributed by atoms with Crippen LogP contribution < -0.4 is 10.1 Å². The molecule has 1 fully saturated rings. The van der Waals surface area contributed by atoms with Gasteiger partial charge in [0.05, 0.1) is 5.37 Å². The Kier molecular flexibility index (Phi) is 4.58. The number of rotatable bonds is 4. The highest BCUT2D eigenvalue weighted by Gasteiger charge is 2.21. The third-order valence-electron chi connectivity index (χ3n) is 4.67. The number of ether oxygens (including phenoxy) is 1. The number of thioether (sulfide) groups is 1. The Balaban J connectivity index is 1.41. The molecule has 4 rings (SSSR count). The highest BCUT2D eigenvalue weighted by molar-refractivity contribution is 8.00. The fraction of sp³-hybridized carbons (Fsp3) is 0.400. The number of aryl methyl sites for hydroxylation is 1. The first-order chi connectivity index (χ1) is 11.4. The SMILES string of the molecule is c1ccc(CC2CCc3cc(CC4NCCS4)ccc3O2)cc1. The molecule has 0 bridgehead atoms. The van der Waals surface area contributed by atoms with Crippen LogP contribution >= 0.6 is 11.8 Å². The number of hydrogen-bond acceptors (Lipinski definition) is 3. The number of nitrogens with one attached hydrogen (secondary N) is 1. The van der Waals surface area contributed by atoms with Crippen molar-refractivity contribution in [3.05, 3.63) is 65.2 Å². The van der Waals surface area contributed by atoms with Crippen LogP contribution in [0.15, 0.2) is 48.5 Å². The molecule has 2 unspecified atom stereocenters. The van der Waals surface area contributed by atoms with E-state index in [4.69, 9.17) is 4.74 Å². The van der Waals surface area contributed by atoms with Crippen molar-refractivity contribution in [3.8, 4) is 5.75 Å². The normalized spacial score (nSPS) is 23.3. The van der Waals surface area contributed by atoms with Gasteiger partial charge in [-0.1, -0.05) is 42.5 Å². The molecule has 0 aromatic heterocycles. The Hall–Kier alpha value is -1.45. The van der Waals surface area contributed by atoms with Crippen LogP contribution in [0.2, 0.25) is 0 Å². The van der Waals surface area contributed by atoms with Gasteiger partial charge in [-0.25, -0.2) is 0 Å². The summed E-state index contributed by atoms with van der Waals surface area (Å²) in [5.41, 5.74) is 4.18. The summed E-state index contributed by atoms with van der Waals surface area (Å²) in [5, 5.41) is 4.14. The summed E-state index contributed by atoms with van der Waals surface area (Å²) in [6.45, 7) is 1.14. The lowest BCUT2D eigenvalue weighted by Crippen LogP contribution is -2.25. The standard InChI is InChI=1S/C20H23NOS/c1-2-4-15(5-3-1)13-18-8-7-17-12-16(6-9-19(17)22-18)14-20-21-10-11-23-20/h1-6,9,12,18,20-21H,7-8,10-11,13-14H2. The predicted molar refractivity (Wildman–Crippen MR) is 97.3 cm³/mol. The maximum Gasteiger partial charge on any atom is 0.122 e. The smallest absolute Gasteiger partial charge is 0.122 e. The molecule has 0 amide bonds. The summed E-state index contributed by atoms with van der Waals surface area (Å²) >= 11 is 2.03. The minimum Gasteiger partial charge on any atom is -0.490 e. The van der Waals surface area contributed by atoms with Crippen LogP contribution in [0.25, 0.3) is 0 Å². The zero-order chi connectivity index (χ0) is 15.5. The molecule has 2 atom stereocenters. The Morgan fingerprint density at radius 3 is 2.78 bits per heavy atom. The van der Waals surface area contributed by atoms with Crippen LogP contribution in [-0.2, 0) is 19.3 Å². The first-order valence-electron chi connectivity index (χ1n) is 8.54. The maximum absolute atomic E-state index is 6.24. The summed E-state index contributed by atoms with van der Waals surface area (Å²) in [5.74, 6) is 2.33. The molecule has 2 aromatic carbocycles.